The van der Waals surface area contributed by atoms with Crippen LogP contribution in [0.1, 0.15) is 30.0 Å². The van der Waals surface area contributed by atoms with Crippen LogP contribution in [0.2, 0.25) is 5.15 Å². The van der Waals surface area contributed by atoms with Crippen LogP contribution in [0.3, 0.4) is 0 Å². The molecule has 0 atom stereocenters. The molecular formula is C16H14ClFN4. The number of pyridine rings is 1. The maximum absolute atomic E-state index is 13.6. The minimum atomic E-state index is -0.413. The van der Waals surface area contributed by atoms with E-state index in [0.717, 1.165) is 36.0 Å². The lowest BCUT2D eigenvalue weighted by Gasteiger charge is -2.11. The first-order valence-corrected chi connectivity index (χ1v) is 7.26. The number of nitrogens with two attached hydrogens (primary N) is 1. The van der Waals surface area contributed by atoms with Gasteiger partial charge in [-0.05, 0) is 48.2 Å². The minimum absolute atomic E-state index is 0.0883. The largest absolute Gasteiger partial charge is 0.383 e. The van der Waals surface area contributed by atoms with Crippen LogP contribution in [0, 0.1) is 11.2 Å². The van der Waals surface area contributed by atoms with Gasteiger partial charge in [0, 0.05) is 17.2 Å². The van der Waals surface area contributed by atoms with Crippen molar-refractivity contribution in [3.63, 3.8) is 0 Å². The summed E-state index contributed by atoms with van der Waals surface area (Å²) in [5, 5.41) is 7.43. The summed E-state index contributed by atoms with van der Waals surface area (Å²) in [6.45, 7) is 0. The Morgan fingerprint density at radius 2 is 2.14 bits per heavy atom. The van der Waals surface area contributed by atoms with Crippen molar-refractivity contribution >= 4 is 23.8 Å². The number of hydrogen-bond donors (Lipinski definition) is 2. The Hall–Kier alpha value is -2.27. The van der Waals surface area contributed by atoms with E-state index in [-0.39, 0.29) is 5.84 Å². The Bertz CT molecular complexity index is 769. The molecule has 0 spiro atoms. The average molecular weight is 317 g/mol. The van der Waals surface area contributed by atoms with E-state index in [0.29, 0.717) is 16.6 Å². The molecule has 1 aliphatic rings. The van der Waals surface area contributed by atoms with Gasteiger partial charge in [0.15, 0.2) is 0 Å². The Labute approximate surface area is 132 Å². The maximum Gasteiger partial charge on any atom is 0.133 e. The molecule has 0 amide bonds. The summed E-state index contributed by atoms with van der Waals surface area (Å²) in [5.41, 5.74) is 8.76. The fourth-order valence-electron chi connectivity index (χ4n) is 2.38. The number of nitrogens with zero attached hydrogens (tertiary/aromatic N) is 2. The molecule has 0 radical (unpaired) electrons. The lowest BCUT2D eigenvalue weighted by Crippen LogP contribution is -2.15. The van der Waals surface area contributed by atoms with E-state index < -0.39 is 5.82 Å². The van der Waals surface area contributed by atoms with E-state index in [2.05, 4.69) is 9.98 Å². The van der Waals surface area contributed by atoms with Crippen molar-refractivity contribution in [2.75, 3.05) is 0 Å². The summed E-state index contributed by atoms with van der Waals surface area (Å²) < 4.78 is 13.6. The highest BCUT2D eigenvalue weighted by atomic mass is 35.5. The molecular weight excluding hydrogens is 303 g/mol. The standard InChI is InChI=1S/C16H14ClFN4/c17-15-6-10(5-14(22-15)9-1-2-9)12-4-3-11(18)7-13(12)16(20)21-8-19/h3-9H,1-2H2,(H3,19,20,21). The molecule has 1 aromatic carbocycles. The number of nitrogens with one attached hydrogen (secondary N) is 1. The monoisotopic (exact) mass is 316 g/mol. The topological polar surface area (TPSA) is 75.1 Å². The highest BCUT2D eigenvalue weighted by molar-refractivity contribution is 6.29. The number of benzene rings is 1. The number of aliphatic imine (C=N–C) groups is 1. The van der Waals surface area contributed by atoms with Gasteiger partial charge in [0.05, 0.1) is 0 Å². The second-order valence-electron chi connectivity index (χ2n) is 5.21. The normalized spacial score (nSPS) is 14.9. The molecule has 1 aromatic heterocycles. The van der Waals surface area contributed by atoms with E-state index >= 15 is 0 Å². The van der Waals surface area contributed by atoms with Gasteiger partial charge in [0.25, 0.3) is 0 Å². The van der Waals surface area contributed by atoms with Crippen molar-refractivity contribution in [3.05, 3.63) is 52.6 Å². The predicted octanol–water partition coefficient (Wildman–Crippen LogP) is 3.73. The van der Waals surface area contributed by atoms with E-state index in [4.69, 9.17) is 22.7 Å². The van der Waals surface area contributed by atoms with Crippen molar-refractivity contribution in [2.24, 2.45) is 10.7 Å². The molecule has 0 unspecified atom stereocenters. The average Bonchev–Trinajstić information content (AvgIpc) is 3.31. The molecule has 0 bridgehead atoms. The van der Waals surface area contributed by atoms with Crippen molar-refractivity contribution in [1.29, 1.82) is 5.41 Å². The van der Waals surface area contributed by atoms with E-state index in [1.54, 1.807) is 12.1 Å². The number of rotatable bonds is 4. The molecule has 1 saturated carbocycles. The van der Waals surface area contributed by atoms with Gasteiger partial charge in [0.1, 0.15) is 23.1 Å². The third kappa shape index (κ3) is 2.99. The van der Waals surface area contributed by atoms with Crippen LogP contribution in [0.15, 0.2) is 35.3 Å². The molecule has 1 heterocycles. The summed E-state index contributed by atoms with van der Waals surface area (Å²) in [5.74, 6) is 0.129. The quantitative estimate of drug-likeness (QED) is 0.512. The van der Waals surface area contributed by atoms with Crippen LogP contribution in [0.5, 0.6) is 0 Å². The number of amidine groups is 1. The van der Waals surface area contributed by atoms with Gasteiger partial charge in [-0.2, -0.15) is 0 Å². The Morgan fingerprint density at radius 3 is 2.82 bits per heavy atom. The molecule has 0 aliphatic heterocycles. The van der Waals surface area contributed by atoms with Crippen molar-refractivity contribution in [1.82, 2.24) is 4.98 Å². The minimum Gasteiger partial charge on any atom is -0.383 e. The summed E-state index contributed by atoms with van der Waals surface area (Å²) >= 11 is 6.11. The molecule has 112 valence electrons. The molecule has 1 fully saturated rings. The van der Waals surface area contributed by atoms with Gasteiger partial charge in [-0.1, -0.05) is 17.7 Å². The SMILES string of the molecule is N=CN=C(N)c1cc(F)ccc1-c1cc(Cl)nc(C2CC2)c1. The zero-order valence-electron chi connectivity index (χ0n) is 11.7. The number of halogens is 2. The first-order chi connectivity index (χ1) is 10.6. The van der Waals surface area contributed by atoms with Crippen molar-refractivity contribution in [3.8, 4) is 11.1 Å². The highest BCUT2D eigenvalue weighted by Gasteiger charge is 2.26. The van der Waals surface area contributed by atoms with Crippen molar-refractivity contribution < 1.29 is 4.39 Å². The first-order valence-electron chi connectivity index (χ1n) is 6.88. The Kier molecular flexibility index (Phi) is 3.90. The van der Waals surface area contributed by atoms with Crippen molar-refractivity contribution in [2.45, 2.75) is 18.8 Å². The van der Waals surface area contributed by atoms with E-state index in [9.17, 15) is 4.39 Å². The van der Waals surface area contributed by atoms with Crippen LogP contribution >= 0.6 is 11.6 Å². The molecule has 3 rings (SSSR count). The number of hydrogen-bond acceptors (Lipinski definition) is 2. The Balaban J connectivity index is 2.15. The van der Waals surface area contributed by atoms with Gasteiger partial charge in [-0.3, -0.25) is 5.41 Å². The van der Waals surface area contributed by atoms with Crippen LogP contribution in [0.4, 0.5) is 4.39 Å². The Morgan fingerprint density at radius 1 is 1.36 bits per heavy atom. The van der Waals surface area contributed by atoms with Gasteiger partial charge in [0.2, 0.25) is 0 Å². The predicted molar refractivity (Wildman–Crippen MR) is 86.1 cm³/mol. The van der Waals surface area contributed by atoms with Gasteiger partial charge < -0.3 is 5.73 Å². The maximum atomic E-state index is 13.6. The fraction of sp³-hybridized carbons (Fsp3) is 0.188. The van der Waals surface area contributed by atoms with Crippen LogP contribution in [-0.4, -0.2) is 17.2 Å². The van der Waals surface area contributed by atoms with Gasteiger partial charge in [-0.25, -0.2) is 14.4 Å². The second kappa shape index (κ2) is 5.85. The molecule has 3 N–H and O–H groups in total. The van der Waals surface area contributed by atoms with Crippen LogP contribution in [-0.2, 0) is 0 Å². The second-order valence-corrected chi connectivity index (χ2v) is 5.60. The summed E-state index contributed by atoms with van der Waals surface area (Å²) in [6.07, 6.45) is 3.06. The fourth-order valence-corrected chi connectivity index (χ4v) is 2.60. The lowest BCUT2D eigenvalue weighted by atomic mass is 9.98. The smallest absolute Gasteiger partial charge is 0.133 e. The zero-order valence-corrected chi connectivity index (χ0v) is 12.4. The molecule has 1 aliphatic carbocycles. The van der Waals surface area contributed by atoms with Crippen LogP contribution in [0.25, 0.3) is 11.1 Å². The van der Waals surface area contributed by atoms with Gasteiger partial charge >= 0.3 is 0 Å². The van der Waals surface area contributed by atoms with E-state index in [1.165, 1.54) is 12.1 Å². The molecule has 6 heteroatoms. The van der Waals surface area contributed by atoms with E-state index in [1.807, 2.05) is 6.07 Å². The third-order valence-electron chi connectivity index (χ3n) is 3.58. The summed E-state index contributed by atoms with van der Waals surface area (Å²) in [6, 6.07) is 7.99. The zero-order chi connectivity index (χ0) is 15.7. The van der Waals surface area contributed by atoms with Crippen LogP contribution < -0.4 is 5.73 Å². The first kappa shape index (κ1) is 14.7. The number of aromatic nitrogens is 1. The molecule has 22 heavy (non-hydrogen) atoms. The highest BCUT2D eigenvalue weighted by Crippen LogP contribution is 2.41. The van der Waals surface area contributed by atoms with Gasteiger partial charge in [-0.15, -0.1) is 0 Å². The summed E-state index contributed by atoms with van der Waals surface area (Å²) in [4.78, 5) is 8.08. The summed E-state index contributed by atoms with van der Waals surface area (Å²) in [7, 11) is 0. The molecule has 4 nitrogen and oxygen atoms in total. The molecule has 0 saturated heterocycles. The third-order valence-corrected chi connectivity index (χ3v) is 3.78. The molecule has 2 aromatic rings. The lowest BCUT2D eigenvalue weighted by molar-refractivity contribution is 0.627.